The van der Waals surface area contributed by atoms with Crippen LogP contribution < -0.4 is 5.73 Å². The average molecular weight is 356 g/mol. The third kappa shape index (κ3) is 3.08. The van der Waals surface area contributed by atoms with Crippen LogP contribution in [0.15, 0.2) is 18.2 Å². The fraction of sp³-hybridized carbons (Fsp3) is 0.500. The van der Waals surface area contributed by atoms with E-state index in [1.165, 1.54) is 18.9 Å². The van der Waals surface area contributed by atoms with Crippen molar-refractivity contribution in [1.29, 1.82) is 0 Å². The molecular formula is C12H16ClFIN. The number of rotatable bonds is 2. The number of hydrogen-bond acceptors (Lipinski definition) is 1. The van der Waals surface area contributed by atoms with Gasteiger partial charge in [0.05, 0.1) is 0 Å². The first kappa shape index (κ1) is 14.2. The van der Waals surface area contributed by atoms with E-state index in [-0.39, 0.29) is 24.3 Å². The van der Waals surface area contributed by atoms with E-state index in [4.69, 9.17) is 5.73 Å². The summed E-state index contributed by atoms with van der Waals surface area (Å²) in [4.78, 5) is 0. The maximum atomic E-state index is 13.6. The van der Waals surface area contributed by atoms with Crippen molar-refractivity contribution in [1.82, 2.24) is 0 Å². The molecule has 0 aromatic heterocycles. The molecule has 1 aliphatic carbocycles. The fourth-order valence-electron chi connectivity index (χ4n) is 2.34. The molecule has 1 aromatic carbocycles. The number of halogens is 3. The van der Waals surface area contributed by atoms with Gasteiger partial charge in [-0.05, 0) is 59.5 Å². The second kappa shape index (κ2) is 6.17. The molecule has 0 bridgehead atoms. The first-order valence-electron chi connectivity index (χ1n) is 5.39. The van der Waals surface area contributed by atoms with Crippen LogP contribution in [0.5, 0.6) is 0 Å². The van der Waals surface area contributed by atoms with Crippen LogP contribution in [0.1, 0.15) is 37.3 Å². The summed E-state index contributed by atoms with van der Waals surface area (Å²) in [5.41, 5.74) is 6.82. The highest BCUT2D eigenvalue weighted by molar-refractivity contribution is 14.1. The van der Waals surface area contributed by atoms with Gasteiger partial charge >= 0.3 is 0 Å². The van der Waals surface area contributed by atoms with Gasteiger partial charge in [-0.15, -0.1) is 12.4 Å². The zero-order valence-electron chi connectivity index (χ0n) is 8.96. The fourth-order valence-corrected chi connectivity index (χ4v) is 2.86. The monoisotopic (exact) mass is 355 g/mol. The van der Waals surface area contributed by atoms with E-state index in [0.717, 1.165) is 16.4 Å². The Bertz CT molecular complexity index is 353. The van der Waals surface area contributed by atoms with Gasteiger partial charge in [-0.1, -0.05) is 12.8 Å². The number of benzene rings is 1. The molecule has 0 unspecified atom stereocenters. The van der Waals surface area contributed by atoms with Gasteiger partial charge < -0.3 is 5.73 Å². The van der Waals surface area contributed by atoms with Crippen molar-refractivity contribution < 1.29 is 4.39 Å². The lowest BCUT2D eigenvalue weighted by molar-refractivity contribution is 0.428. The van der Waals surface area contributed by atoms with Crippen molar-refractivity contribution in [2.75, 3.05) is 0 Å². The molecule has 1 aliphatic rings. The second-order valence-electron chi connectivity index (χ2n) is 4.24. The van der Waals surface area contributed by atoms with Gasteiger partial charge in [0, 0.05) is 15.2 Å². The summed E-state index contributed by atoms with van der Waals surface area (Å²) in [6.45, 7) is 0. The molecule has 1 fully saturated rings. The van der Waals surface area contributed by atoms with E-state index in [1.54, 1.807) is 6.07 Å². The maximum Gasteiger partial charge on any atom is 0.128 e. The topological polar surface area (TPSA) is 26.0 Å². The van der Waals surface area contributed by atoms with Crippen LogP contribution in [0.2, 0.25) is 0 Å². The van der Waals surface area contributed by atoms with Gasteiger partial charge in [0.25, 0.3) is 0 Å². The molecule has 0 aliphatic heterocycles. The Morgan fingerprint density at radius 3 is 2.56 bits per heavy atom. The first-order chi connectivity index (χ1) is 7.18. The third-order valence-electron chi connectivity index (χ3n) is 3.22. The van der Waals surface area contributed by atoms with Crippen molar-refractivity contribution >= 4 is 35.0 Å². The molecule has 0 spiro atoms. The van der Waals surface area contributed by atoms with Crippen molar-refractivity contribution in [3.05, 3.63) is 33.1 Å². The van der Waals surface area contributed by atoms with E-state index in [9.17, 15) is 4.39 Å². The Balaban J connectivity index is 0.00000128. The van der Waals surface area contributed by atoms with E-state index in [0.29, 0.717) is 11.5 Å². The standard InChI is InChI=1S/C12H15FIN.ClH/c13-11-6-5-9(14)7-10(11)12(15)8-3-1-2-4-8;/h5-8,12H,1-4,15H2;1H/t12-;/m0./s1. The van der Waals surface area contributed by atoms with E-state index in [1.807, 2.05) is 6.07 Å². The largest absolute Gasteiger partial charge is 0.324 e. The molecular weight excluding hydrogens is 339 g/mol. The van der Waals surface area contributed by atoms with Crippen LogP contribution in [0, 0.1) is 15.3 Å². The molecule has 2 N–H and O–H groups in total. The highest BCUT2D eigenvalue weighted by Crippen LogP contribution is 2.35. The predicted octanol–water partition coefficient (Wildman–Crippen LogP) is 4.04. The molecule has 0 amide bonds. The quantitative estimate of drug-likeness (QED) is 0.796. The Morgan fingerprint density at radius 1 is 1.31 bits per heavy atom. The molecule has 0 radical (unpaired) electrons. The predicted molar refractivity (Wildman–Crippen MR) is 75.3 cm³/mol. The SMILES string of the molecule is Cl.N[C@H](c1cc(I)ccc1F)C1CCCC1. The molecule has 0 heterocycles. The second-order valence-corrected chi connectivity index (χ2v) is 5.48. The van der Waals surface area contributed by atoms with Crippen LogP contribution in [-0.2, 0) is 0 Å². The third-order valence-corrected chi connectivity index (χ3v) is 3.90. The molecule has 4 heteroatoms. The molecule has 1 nitrogen and oxygen atoms in total. The zero-order valence-corrected chi connectivity index (χ0v) is 11.9. The Kier molecular flexibility index (Phi) is 5.47. The molecule has 1 atom stereocenters. The molecule has 90 valence electrons. The lowest BCUT2D eigenvalue weighted by atomic mass is 9.92. The summed E-state index contributed by atoms with van der Waals surface area (Å²) >= 11 is 2.20. The van der Waals surface area contributed by atoms with E-state index in [2.05, 4.69) is 22.6 Å². The lowest BCUT2D eigenvalue weighted by Gasteiger charge is -2.19. The molecule has 16 heavy (non-hydrogen) atoms. The maximum absolute atomic E-state index is 13.6. The highest BCUT2D eigenvalue weighted by atomic mass is 127. The highest BCUT2D eigenvalue weighted by Gasteiger charge is 2.25. The zero-order chi connectivity index (χ0) is 10.8. The summed E-state index contributed by atoms with van der Waals surface area (Å²) in [5, 5.41) is 0. The number of nitrogens with two attached hydrogens (primary N) is 1. The van der Waals surface area contributed by atoms with E-state index < -0.39 is 0 Å². The minimum Gasteiger partial charge on any atom is -0.324 e. The van der Waals surface area contributed by atoms with Crippen LogP contribution >= 0.6 is 35.0 Å². The normalized spacial score (nSPS) is 18.2. The van der Waals surface area contributed by atoms with Crippen LogP contribution in [0.4, 0.5) is 4.39 Å². The van der Waals surface area contributed by atoms with Gasteiger partial charge in [-0.3, -0.25) is 0 Å². The Hall–Kier alpha value is 0.130. The summed E-state index contributed by atoms with van der Waals surface area (Å²) in [7, 11) is 0. The molecule has 1 aromatic rings. The molecule has 2 rings (SSSR count). The van der Waals surface area contributed by atoms with Crippen molar-refractivity contribution in [2.45, 2.75) is 31.7 Å². The average Bonchev–Trinajstić information content (AvgIpc) is 2.74. The lowest BCUT2D eigenvalue weighted by Crippen LogP contribution is -2.20. The summed E-state index contributed by atoms with van der Waals surface area (Å²) in [5.74, 6) is 0.313. The van der Waals surface area contributed by atoms with Crippen LogP contribution in [-0.4, -0.2) is 0 Å². The Labute approximate surface area is 116 Å². The molecule has 0 saturated heterocycles. The van der Waals surface area contributed by atoms with Crippen LogP contribution in [0.25, 0.3) is 0 Å². The Morgan fingerprint density at radius 2 is 1.94 bits per heavy atom. The first-order valence-corrected chi connectivity index (χ1v) is 6.47. The van der Waals surface area contributed by atoms with Gasteiger partial charge in [0.15, 0.2) is 0 Å². The summed E-state index contributed by atoms with van der Waals surface area (Å²) < 4.78 is 14.6. The summed E-state index contributed by atoms with van der Waals surface area (Å²) in [6, 6.07) is 5.05. The molecule has 1 saturated carbocycles. The van der Waals surface area contributed by atoms with Crippen molar-refractivity contribution in [3.8, 4) is 0 Å². The smallest absolute Gasteiger partial charge is 0.128 e. The number of hydrogen-bond donors (Lipinski definition) is 1. The van der Waals surface area contributed by atoms with Crippen molar-refractivity contribution in [3.63, 3.8) is 0 Å². The van der Waals surface area contributed by atoms with Crippen molar-refractivity contribution in [2.24, 2.45) is 11.7 Å². The van der Waals surface area contributed by atoms with Gasteiger partial charge in [-0.25, -0.2) is 4.39 Å². The minimum atomic E-state index is -0.158. The minimum absolute atomic E-state index is 0. The van der Waals surface area contributed by atoms with Crippen LogP contribution in [0.3, 0.4) is 0 Å². The van der Waals surface area contributed by atoms with Gasteiger partial charge in [0.2, 0.25) is 0 Å². The van der Waals surface area contributed by atoms with Gasteiger partial charge in [0.1, 0.15) is 5.82 Å². The summed E-state index contributed by atoms with van der Waals surface area (Å²) in [6.07, 6.45) is 4.77. The van der Waals surface area contributed by atoms with E-state index >= 15 is 0 Å². The van der Waals surface area contributed by atoms with Gasteiger partial charge in [-0.2, -0.15) is 0 Å².